The van der Waals surface area contributed by atoms with Crippen LogP contribution in [0, 0.1) is 0 Å². The number of hydrogen-bond acceptors (Lipinski definition) is 5. The average Bonchev–Trinajstić information content (AvgIpc) is 3.05. The summed E-state index contributed by atoms with van der Waals surface area (Å²) in [6.45, 7) is 0.300. The number of thiazole rings is 1. The lowest BCUT2D eigenvalue weighted by Gasteiger charge is -2.17. The third-order valence-corrected chi connectivity index (χ3v) is 5.64. The number of benzene rings is 2. The zero-order chi connectivity index (χ0) is 16.9. The first-order valence-corrected chi connectivity index (χ1v) is 9.37. The summed E-state index contributed by atoms with van der Waals surface area (Å²) >= 11 is 7.70. The molecule has 0 saturated heterocycles. The fourth-order valence-electron chi connectivity index (χ4n) is 3.12. The Hall–Kier alpha value is -2.24. The van der Waals surface area contributed by atoms with Crippen molar-refractivity contribution in [2.45, 2.75) is 18.4 Å². The van der Waals surface area contributed by atoms with Crippen LogP contribution in [0.4, 0.5) is 5.13 Å². The second-order valence-corrected chi connectivity index (χ2v) is 7.62. The Morgan fingerprint density at radius 2 is 1.96 bits per heavy atom. The molecule has 6 heteroatoms. The number of hydrogen-bond donors (Lipinski definition) is 1. The summed E-state index contributed by atoms with van der Waals surface area (Å²) in [7, 11) is 0. The summed E-state index contributed by atoms with van der Waals surface area (Å²) in [4.78, 5) is 4.74. The highest BCUT2D eigenvalue weighted by Crippen LogP contribution is 2.50. The van der Waals surface area contributed by atoms with Crippen molar-refractivity contribution >= 4 is 28.1 Å². The molecule has 1 aromatic heterocycles. The van der Waals surface area contributed by atoms with E-state index in [1.165, 1.54) is 5.56 Å². The van der Waals surface area contributed by atoms with Gasteiger partial charge >= 0.3 is 0 Å². The van der Waals surface area contributed by atoms with Gasteiger partial charge in [0, 0.05) is 16.0 Å². The number of halogens is 1. The van der Waals surface area contributed by atoms with Crippen molar-refractivity contribution in [3.05, 3.63) is 58.4 Å². The van der Waals surface area contributed by atoms with Gasteiger partial charge in [0.15, 0.2) is 16.6 Å². The largest absolute Gasteiger partial charge is 0.454 e. The molecule has 1 aliphatic carbocycles. The Morgan fingerprint density at radius 3 is 2.80 bits per heavy atom. The molecule has 126 valence electrons. The molecule has 1 fully saturated rings. The van der Waals surface area contributed by atoms with Crippen LogP contribution in [0.3, 0.4) is 0 Å². The molecule has 0 atom stereocenters. The zero-order valence-corrected chi connectivity index (χ0v) is 14.9. The molecule has 4 nitrogen and oxygen atoms in total. The zero-order valence-electron chi connectivity index (χ0n) is 13.3. The first-order chi connectivity index (χ1) is 12.2. The minimum Gasteiger partial charge on any atom is -0.454 e. The molecule has 0 amide bonds. The summed E-state index contributed by atoms with van der Waals surface area (Å²) in [6, 6.07) is 13.9. The Bertz CT molecular complexity index is 952. The van der Waals surface area contributed by atoms with Crippen molar-refractivity contribution in [3.8, 4) is 22.8 Å². The van der Waals surface area contributed by atoms with Crippen molar-refractivity contribution < 1.29 is 9.47 Å². The van der Waals surface area contributed by atoms with Gasteiger partial charge in [0.05, 0.1) is 11.2 Å². The Kier molecular flexibility index (Phi) is 3.40. The monoisotopic (exact) mass is 370 g/mol. The van der Waals surface area contributed by atoms with Gasteiger partial charge < -0.3 is 14.8 Å². The van der Waals surface area contributed by atoms with E-state index < -0.39 is 0 Å². The predicted octanol–water partition coefficient (Wildman–Crippen LogP) is 5.29. The van der Waals surface area contributed by atoms with Gasteiger partial charge in [-0.05, 0) is 42.7 Å². The van der Waals surface area contributed by atoms with E-state index >= 15 is 0 Å². The van der Waals surface area contributed by atoms with Crippen LogP contribution < -0.4 is 14.8 Å². The van der Waals surface area contributed by atoms with E-state index in [9.17, 15) is 0 Å². The molecule has 1 aliphatic heterocycles. The fraction of sp³-hybridized carbons (Fsp3) is 0.211. The maximum atomic E-state index is 6.08. The van der Waals surface area contributed by atoms with Crippen LogP contribution in [0.5, 0.6) is 11.5 Å². The SMILES string of the molecule is Clc1cccc(-c2csc(NC3(c4ccc5c(c4)OCO5)CC3)n2)c1. The molecule has 0 radical (unpaired) electrons. The minimum atomic E-state index is -0.0512. The Morgan fingerprint density at radius 1 is 1.08 bits per heavy atom. The molecule has 2 aliphatic rings. The highest BCUT2D eigenvalue weighted by Gasteiger charge is 2.45. The first-order valence-electron chi connectivity index (χ1n) is 8.12. The minimum absolute atomic E-state index is 0.0512. The second-order valence-electron chi connectivity index (χ2n) is 6.32. The summed E-state index contributed by atoms with van der Waals surface area (Å²) in [5.41, 5.74) is 3.14. The van der Waals surface area contributed by atoms with Crippen molar-refractivity contribution in [2.24, 2.45) is 0 Å². The van der Waals surface area contributed by atoms with Gasteiger partial charge in [0.25, 0.3) is 0 Å². The molecule has 0 spiro atoms. The maximum absolute atomic E-state index is 6.08. The molecule has 1 saturated carbocycles. The maximum Gasteiger partial charge on any atom is 0.231 e. The number of aromatic nitrogens is 1. The van der Waals surface area contributed by atoms with Gasteiger partial charge in [0.1, 0.15) is 0 Å². The summed E-state index contributed by atoms with van der Waals surface area (Å²) < 4.78 is 10.9. The van der Waals surface area contributed by atoms with Gasteiger partial charge in [0.2, 0.25) is 6.79 Å². The molecule has 0 unspecified atom stereocenters. The first kappa shape index (κ1) is 15.0. The van der Waals surface area contributed by atoms with Gasteiger partial charge in [-0.1, -0.05) is 29.8 Å². The second kappa shape index (κ2) is 5.64. The van der Waals surface area contributed by atoms with Crippen molar-refractivity contribution in [1.82, 2.24) is 4.98 Å². The van der Waals surface area contributed by atoms with E-state index in [1.807, 2.05) is 30.3 Å². The standard InChI is InChI=1S/C19H15ClN2O2S/c20-14-3-1-2-12(8-14)15-10-25-18(21-15)22-19(6-7-19)13-4-5-16-17(9-13)24-11-23-16/h1-5,8-10H,6-7,11H2,(H,21,22). The van der Waals surface area contributed by atoms with Gasteiger partial charge in [-0.15, -0.1) is 11.3 Å². The van der Waals surface area contributed by atoms with Crippen LogP contribution >= 0.6 is 22.9 Å². The van der Waals surface area contributed by atoms with Crippen LogP contribution in [0.15, 0.2) is 47.8 Å². The van der Waals surface area contributed by atoms with Crippen molar-refractivity contribution in [1.29, 1.82) is 0 Å². The van der Waals surface area contributed by atoms with Crippen LogP contribution in [-0.4, -0.2) is 11.8 Å². The molecule has 5 rings (SSSR count). The number of nitrogens with zero attached hydrogens (tertiary/aromatic N) is 1. The van der Waals surface area contributed by atoms with Crippen molar-refractivity contribution in [2.75, 3.05) is 12.1 Å². The third kappa shape index (κ3) is 2.73. The fourth-order valence-corrected chi connectivity index (χ4v) is 4.13. The van der Waals surface area contributed by atoms with Crippen LogP contribution in [0.1, 0.15) is 18.4 Å². The molecular formula is C19H15ClN2O2S. The highest BCUT2D eigenvalue weighted by molar-refractivity contribution is 7.14. The topological polar surface area (TPSA) is 43.4 Å². The van der Waals surface area contributed by atoms with E-state index in [0.29, 0.717) is 6.79 Å². The average molecular weight is 371 g/mol. The Labute approximate surface area is 154 Å². The third-order valence-electron chi connectivity index (χ3n) is 4.65. The normalized spacial score (nSPS) is 16.7. The van der Waals surface area contributed by atoms with E-state index in [4.69, 9.17) is 26.1 Å². The summed E-state index contributed by atoms with van der Waals surface area (Å²) in [6.07, 6.45) is 2.16. The van der Waals surface area contributed by atoms with Crippen LogP contribution in [0.25, 0.3) is 11.3 Å². The molecule has 0 bridgehead atoms. The summed E-state index contributed by atoms with van der Waals surface area (Å²) in [5.74, 6) is 1.64. The molecular weight excluding hydrogens is 356 g/mol. The van der Waals surface area contributed by atoms with Crippen LogP contribution in [-0.2, 0) is 5.54 Å². The smallest absolute Gasteiger partial charge is 0.231 e. The molecule has 3 aromatic rings. The van der Waals surface area contributed by atoms with Crippen LogP contribution in [0.2, 0.25) is 5.02 Å². The van der Waals surface area contributed by atoms with E-state index in [-0.39, 0.29) is 5.54 Å². The molecule has 2 aromatic carbocycles. The highest BCUT2D eigenvalue weighted by atomic mass is 35.5. The number of ether oxygens (including phenoxy) is 2. The van der Waals surface area contributed by atoms with E-state index in [2.05, 4.69) is 22.8 Å². The molecule has 25 heavy (non-hydrogen) atoms. The summed E-state index contributed by atoms with van der Waals surface area (Å²) in [5, 5.41) is 7.32. The van der Waals surface area contributed by atoms with Gasteiger partial charge in [-0.3, -0.25) is 0 Å². The number of nitrogens with one attached hydrogen (secondary N) is 1. The number of rotatable bonds is 4. The van der Waals surface area contributed by atoms with E-state index in [0.717, 1.165) is 45.8 Å². The van der Waals surface area contributed by atoms with Gasteiger partial charge in [-0.25, -0.2) is 4.98 Å². The lowest BCUT2D eigenvalue weighted by atomic mass is 10.0. The predicted molar refractivity (Wildman–Crippen MR) is 99.7 cm³/mol. The molecule has 2 heterocycles. The van der Waals surface area contributed by atoms with Gasteiger partial charge in [-0.2, -0.15) is 0 Å². The molecule has 1 N–H and O–H groups in total. The number of fused-ring (bicyclic) bond motifs is 1. The quantitative estimate of drug-likeness (QED) is 0.677. The lowest BCUT2D eigenvalue weighted by molar-refractivity contribution is 0.174. The lowest BCUT2D eigenvalue weighted by Crippen LogP contribution is -2.18. The van der Waals surface area contributed by atoms with Crippen molar-refractivity contribution in [3.63, 3.8) is 0 Å². The number of anilines is 1. The van der Waals surface area contributed by atoms with E-state index in [1.54, 1.807) is 11.3 Å². The Balaban J connectivity index is 1.40.